The first kappa shape index (κ1) is 14.8. The number of benzene rings is 1. The van der Waals surface area contributed by atoms with Crippen molar-refractivity contribution in [1.29, 1.82) is 0 Å². The van der Waals surface area contributed by atoms with Crippen LogP contribution >= 0.6 is 28.6 Å². The number of thiol groups is 1. The Morgan fingerprint density at radius 2 is 1.88 bits per heavy atom. The third-order valence-electron chi connectivity index (χ3n) is 2.20. The highest BCUT2D eigenvalue weighted by molar-refractivity contribution is 9.10. The zero-order valence-electron chi connectivity index (χ0n) is 8.45. The Morgan fingerprint density at radius 3 is 2.29 bits per heavy atom. The molecule has 0 radical (unpaired) electrons. The number of rotatable bonds is 3. The van der Waals surface area contributed by atoms with Crippen LogP contribution in [0.3, 0.4) is 0 Å². The van der Waals surface area contributed by atoms with Gasteiger partial charge in [0, 0.05) is 10.2 Å². The summed E-state index contributed by atoms with van der Waals surface area (Å²) in [5, 5.41) is 19.0. The van der Waals surface area contributed by atoms with E-state index in [4.69, 9.17) is 0 Å². The van der Waals surface area contributed by atoms with E-state index in [1.165, 1.54) is 0 Å². The molecule has 2 nitrogen and oxygen atoms in total. The van der Waals surface area contributed by atoms with Crippen LogP contribution in [0.5, 0.6) is 0 Å². The maximum absolute atomic E-state index is 12.4. The molecule has 1 aromatic rings. The van der Waals surface area contributed by atoms with Gasteiger partial charge in [0.05, 0.1) is 11.7 Å². The first-order chi connectivity index (χ1) is 7.77. The topological polar surface area (TPSA) is 40.5 Å². The van der Waals surface area contributed by atoms with Gasteiger partial charge in [0.1, 0.15) is 6.10 Å². The third kappa shape index (κ3) is 3.61. The smallest absolute Gasteiger partial charge is 0.389 e. The van der Waals surface area contributed by atoms with Gasteiger partial charge >= 0.3 is 6.18 Å². The van der Waals surface area contributed by atoms with Crippen LogP contribution in [0.4, 0.5) is 13.2 Å². The van der Waals surface area contributed by atoms with Crippen LogP contribution in [0.1, 0.15) is 17.2 Å². The number of hydrogen-bond donors (Lipinski definition) is 3. The summed E-state index contributed by atoms with van der Waals surface area (Å²) in [5.41, 5.74) is -0.625. The standard InChI is InChI=1S/C10H10BrF3O2S/c11-7-3-5(10(12,13)14)1-2-6(7)9(16)8(15)4-17/h1-3,8-9,15-17H,4H2. The lowest BCUT2D eigenvalue weighted by atomic mass is 10.0. The second-order valence-electron chi connectivity index (χ2n) is 3.43. The Labute approximate surface area is 110 Å². The third-order valence-corrected chi connectivity index (χ3v) is 3.26. The highest BCUT2D eigenvalue weighted by Crippen LogP contribution is 2.34. The second kappa shape index (κ2) is 5.60. The minimum atomic E-state index is -4.44. The van der Waals surface area contributed by atoms with Crippen LogP contribution in [-0.2, 0) is 6.18 Å². The Bertz CT molecular complexity index is 398. The predicted molar refractivity (Wildman–Crippen MR) is 64.0 cm³/mol. The molecule has 96 valence electrons. The van der Waals surface area contributed by atoms with Gasteiger partial charge in [-0.15, -0.1) is 0 Å². The van der Waals surface area contributed by atoms with Crippen LogP contribution in [0, 0.1) is 0 Å². The summed E-state index contributed by atoms with van der Waals surface area (Å²) in [4.78, 5) is 0. The van der Waals surface area contributed by atoms with Crippen molar-refractivity contribution in [3.05, 3.63) is 33.8 Å². The van der Waals surface area contributed by atoms with Crippen LogP contribution in [0.15, 0.2) is 22.7 Å². The van der Waals surface area contributed by atoms with Crippen LogP contribution in [0.2, 0.25) is 0 Å². The summed E-state index contributed by atoms with van der Waals surface area (Å²) in [6, 6.07) is 2.85. The first-order valence-electron chi connectivity index (χ1n) is 4.61. The lowest BCUT2D eigenvalue weighted by molar-refractivity contribution is -0.137. The fraction of sp³-hybridized carbons (Fsp3) is 0.400. The van der Waals surface area contributed by atoms with E-state index >= 15 is 0 Å². The molecule has 17 heavy (non-hydrogen) atoms. The summed E-state index contributed by atoms with van der Waals surface area (Å²) in [7, 11) is 0. The minimum Gasteiger partial charge on any atom is -0.389 e. The fourth-order valence-electron chi connectivity index (χ4n) is 1.25. The summed E-state index contributed by atoms with van der Waals surface area (Å²) >= 11 is 6.74. The van der Waals surface area contributed by atoms with Crippen molar-refractivity contribution in [3.63, 3.8) is 0 Å². The molecule has 0 saturated heterocycles. The largest absolute Gasteiger partial charge is 0.416 e. The van der Waals surface area contributed by atoms with Crippen molar-refractivity contribution in [1.82, 2.24) is 0 Å². The average Bonchev–Trinajstić information content (AvgIpc) is 2.25. The highest BCUT2D eigenvalue weighted by Gasteiger charge is 2.31. The van der Waals surface area contributed by atoms with Crippen molar-refractivity contribution in [3.8, 4) is 0 Å². The Hall–Kier alpha value is -0.240. The highest BCUT2D eigenvalue weighted by atomic mass is 79.9. The summed E-state index contributed by atoms with van der Waals surface area (Å²) < 4.78 is 37.2. The molecule has 2 atom stereocenters. The molecule has 0 fully saturated rings. The van der Waals surface area contributed by atoms with Gasteiger partial charge in [-0.25, -0.2) is 0 Å². The van der Waals surface area contributed by atoms with Gasteiger partial charge in [0.15, 0.2) is 0 Å². The monoisotopic (exact) mass is 330 g/mol. The number of alkyl halides is 3. The van der Waals surface area contributed by atoms with Crippen LogP contribution < -0.4 is 0 Å². The summed E-state index contributed by atoms with van der Waals surface area (Å²) in [6.07, 6.45) is -6.84. The second-order valence-corrected chi connectivity index (χ2v) is 4.65. The molecule has 7 heteroatoms. The molecule has 0 heterocycles. The van der Waals surface area contributed by atoms with Gasteiger partial charge in [0.25, 0.3) is 0 Å². The van der Waals surface area contributed by atoms with E-state index in [2.05, 4.69) is 28.6 Å². The van der Waals surface area contributed by atoms with E-state index in [9.17, 15) is 23.4 Å². The molecular formula is C10H10BrF3O2S. The van der Waals surface area contributed by atoms with Gasteiger partial charge in [-0.3, -0.25) is 0 Å². The van der Waals surface area contributed by atoms with Crippen molar-refractivity contribution >= 4 is 28.6 Å². The van der Waals surface area contributed by atoms with E-state index < -0.39 is 23.9 Å². The molecule has 0 spiro atoms. The van der Waals surface area contributed by atoms with Gasteiger partial charge in [-0.2, -0.15) is 25.8 Å². The minimum absolute atomic E-state index is 0.00856. The molecular weight excluding hydrogens is 321 g/mol. The number of aliphatic hydroxyl groups is 2. The molecule has 1 rings (SSSR count). The predicted octanol–water partition coefficient (Wildman–Crippen LogP) is 2.79. The Morgan fingerprint density at radius 1 is 1.29 bits per heavy atom. The van der Waals surface area contributed by atoms with Crippen molar-refractivity contribution in [2.75, 3.05) is 5.75 Å². The molecule has 0 bridgehead atoms. The van der Waals surface area contributed by atoms with Gasteiger partial charge < -0.3 is 10.2 Å². The SMILES string of the molecule is OC(CS)C(O)c1ccc(C(F)(F)F)cc1Br. The Balaban J connectivity index is 3.06. The van der Waals surface area contributed by atoms with Crippen LogP contribution in [0.25, 0.3) is 0 Å². The average molecular weight is 331 g/mol. The van der Waals surface area contributed by atoms with Gasteiger partial charge in [-0.05, 0) is 17.7 Å². The number of halogens is 4. The normalized spacial score (nSPS) is 15.7. The van der Waals surface area contributed by atoms with E-state index in [1.807, 2.05) is 0 Å². The lowest BCUT2D eigenvalue weighted by Crippen LogP contribution is -2.20. The molecule has 2 unspecified atom stereocenters. The number of aliphatic hydroxyl groups excluding tert-OH is 2. The van der Waals surface area contributed by atoms with Crippen LogP contribution in [-0.4, -0.2) is 22.1 Å². The molecule has 0 amide bonds. The molecule has 0 aliphatic carbocycles. The van der Waals surface area contributed by atoms with E-state index in [0.29, 0.717) is 0 Å². The maximum atomic E-state index is 12.4. The fourth-order valence-corrected chi connectivity index (χ4v) is 2.06. The van der Waals surface area contributed by atoms with E-state index in [1.54, 1.807) is 0 Å². The van der Waals surface area contributed by atoms with E-state index in [-0.39, 0.29) is 15.8 Å². The summed E-state index contributed by atoms with van der Waals surface area (Å²) in [6.45, 7) is 0. The molecule has 1 aromatic carbocycles. The van der Waals surface area contributed by atoms with E-state index in [0.717, 1.165) is 18.2 Å². The maximum Gasteiger partial charge on any atom is 0.416 e. The zero-order valence-corrected chi connectivity index (χ0v) is 10.9. The molecule has 0 aliphatic heterocycles. The lowest BCUT2D eigenvalue weighted by Gasteiger charge is -2.18. The molecule has 0 aromatic heterocycles. The van der Waals surface area contributed by atoms with Crippen molar-refractivity contribution in [2.24, 2.45) is 0 Å². The quantitative estimate of drug-likeness (QED) is 0.746. The van der Waals surface area contributed by atoms with Gasteiger partial charge in [-0.1, -0.05) is 22.0 Å². The molecule has 0 aliphatic rings. The molecule has 2 N–H and O–H groups in total. The zero-order chi connectivity index (χ0) is 13.2. The van der Waals surface area contributed by atoms with Gasteiger partial charge in [0.2, 0.25) is 0 Å². The number of hydrogen-bond acceptors (Lipinski definition) is 3. The first-order valence-corrected chi connectivity index (χ1v) is 6.03. The van der Waals surface area contributed by atoms with Crippen molar-refractivity contribution < 1.29 is 23.4 Å². The summed E-state index contributed by atoms with van der Waals surface area (Å²) in [5.74, 6) is 0.00856. The molecule has 0 saturated carbocycles. The Kier molecular flexibility index (Phi) is 4.88. The van der Waals surface area contributed by atoms with Crippen molar-refractivity contribution in [2.45, 2.75) is 18.4 Å².